The standard InChI is InChI=1S/C47H52N6O7S2/c1-29(2)38-28-61-44(50-38)37-25-41(35-22-23-40(59-4)30(3)42(35)49-37)60-33-24-39-43(54)51-47(46(56)52-62(57,58)34-19-13-9-14-20-34)26-31(47)16-10-6-5-7-15-21-36(45(55)53(39)27-33)48-32-17-11-8-12-18-32/h8-14,16-20,22-23,25,28-29,31,33,36,39,48H,5-7,15,21,24,26-27H2,1-4H3,(H,51,54)(H,52,56)/b16-10-/t31-,33+,36-,39-,47+/m0/s1. The number of anilines is 1. The van der Waals surface area contributed by atoms with Gasteiger partial charge in [-0.15, -0.1) is 11.3 Å². The van der Waals surface area contributed by atoms with Crippen molar-refractivity contribution in [3.8, 4) is 22.2 Å². The molecule has 4 heterocycles. The quantitative estimate of drug-likeness (QED) is 0.119. The van der Waals surface area contributed by atoms with Gasteiger partial charge >= 0.3 is 0 Å². The summed E-state index contributed by atoms with van der Waals surface area (Å²) in [4.78, 5) is 55.2. The van der Waals surface area contributed by atoms with Crippen molar-refractivity contribution in [1.82, 2.24) is 24.9 Å². The van der Waals surface area contributed by atoms with Crippen LogP contribution in [0.5, 0.6) is 11.5 Å². The number of carbonyl (C=O) groups excluding carboxylic acids is 3. The van der Waals surface area contributed by atoms with Gasteiger partial charge in [0, 0.05) is 40.4 Å². The lowest BCUT2D eigenvalue weighted by Crippen LogP contribution is -2.57. The van der Waals surface area contributed by atoms with E-state index in [9.17, 15) is 22.8 Å². The fourth-order valence-electron chi connectivity index (χ4n) is 8.43. The summed E-state index contributed by atoms with van der Waals surface area (Å²) in [6.45, 7) is 6.20. The smallest absolute Gasteiger partial charge is 0.264 e. The first-order valence-electron chi connectivity index (χ1n) is 21.2. The fourth-order valence-corrected chi connectivity index (χ4v) is 10.4. The van der Waals surface area contributed by atoms with Crippen LogP contribution in [0.1, 0.15) is 76.0 Å². The number of hydrogen-bond donors (Lipinski definition) is 3. The van der Waals surface area contributed by atoms with E-state index in [0.29, 0.717) is 29.1 Å². The van der Waals surface area contributed by atoms with Crippen molar-refractivity contribution in [2.24, 2.45) is 5.92 Å². The molecule has 15 heteroatoms. The second-order valence-corrected chi connectivity index (χ2v) is 19.2. The van der Waals surface area contributed by atoms with Crippen LogP contribution < -0.4 is 24.8 Å². The Morgan fingerprint density at radius 1 is 0.984 bits per heavy atom. The molecule has 3 aliphatic rings. The first-order valence-corrected chi connectivity index (χ1v) is 23.6. The summed E-state index contributed by atoms with van der Waals surface area (Å²) in [5.74, 6) is -0.690. The minimum atomic E-state index is -4.25. The van der Waals surface area contributed by atoms with Crippen molar-refractivity contribution in [1.29, 1.82) is 0 Å². The number of ether oxygens (including phenoxy) is 2. The summed E-state index contributed by atoms with van der Waals surface area (Å²) >= 11 is 1.50. The van der Waals surface area contributed by atoms with Crippen LogP contribution in [0.2, 0.25) is 0 Å². The van der Waals surface area contributed by atoms with Crippen LogP contribution in [-0.4, -0.2) is 78.4 Å². The van der Waals surface area contributed by atoms with Gasteiger partial charge in [-0.3, -0.25) is 14.4 Å². The zero-order chi connectivity index (χ0) is 43.6. The van der Waals surface area contributed by atoms with E-state index in [4.69, 9.17) is 19.4 Å². The number of amides is 3. The highest BCUT2D eigenvalue weighted by molar-refractivity contribution is 7.90. The number of para-hydroxylation sites is 1. The van der Waals surface area contributed by atoms with E-state index in [1.165, 1.54) is 23.5 Å². The normalized spacial score (nSPS) is 23.7. The van der Waals surface area contributed by atoms with Gasteiger partial charge in [-0.05, 0) is 74.9 Å². The van der Waals surface area contributed by atoms with Gasteiger partial charge in [0.1, 0.15) is 45.9 Å². The van der Waals surface area contributed by atoms with Crippen LogP contribution >= 0.6 is 11.3 Å². The van der Waals surface area contributed by atoms with Crippen LogP contribution in [0.25, 0.3) is 21.6 Å². The van der Waals surface area contributed by atoms with E-state index in [2.05, 4.69) is 29.2 Å². The van der Waals surface area contributed by atoms with E-state index in [1.807, 2.05) is 73.0 Å². The number of allylic oxidation sites excluding steroid dienone is 1. The Morgan fingerprint density at radius 2 is 1.74 bits per heavy atom. The zero-order valence-electron chi connectivity index (χ0n) is 35.3. The van der Waals surface area contributed by atoms with E-state index in [-0.39, 0.29) is 36.1 Å². The molecule has 1 saturated carbocycles. The van der Waals surface area contributed by atoms with E-state index in [0.717, 1.165) is 53.0 Å². The molecule has 3 aromatic carbocycles. The maximum atomic E-state index is 14.9. The molecule has 2 aromatic heterocycles. The molecule has 2 aliphatic heterocycles. The number of carbonyl (C=O) groups is 3. The number of nitrogens with one attached hydrogen (secondary N) is 3. The molecule has 0 spiro atoms. The van der Waals surface area contributed by atoms with Crippen molar-refractivity contribution in [3.63, 3.8) is 0 Å². The molecule has 62 heavy (non-hydrogen) atoms. The highest BCUT2D eigenvalue weighted by Crippen LogP contribution is 2.46. The number of methoxy groups -OCH3 is 1. The average Bonchev–Trinajstić information content (AvgIpc) is 3.54. The van der Waals surface area contributed by atoms with Gasteiger partial charge in [-0.25, -0.2) is 23.1 Å². The Morgan fingerprint density at radius 3 is 2.47 bits per heavy atom. The molecule has 5 atom stereocenters. The number of rotatable bonds is 10. The Balaban J connectivity index is 1.15. The number of benzene rings is 3. The number of sulfonamides is 1. The molecule has 0 radical (unpaired) electrons. The molecular formula is C47H52N6O7S2. The predicted octanol–water partition coefficient (Wildman–Crippen LogP) is 7.53. The number of fused-ring (bicyclic) bond motifs is 3. The molecule has 8 rings (SSSR count). The summed E-state index contributed by atoms with van der Waals surface area (Å²) < 4.78 is 41.6. The maximum absolute atomic E-state index is 14.9. The minimum Gasteiger partial charge on any atom is -0.496 e. The van der Waals surface area contributed by atoms with Crippen molar-refractivity contribution < 1.29 is 32.3 Å². The average molecular weight is 877 g/mol. The SMILES string of the molecule is COc1ccc2c(O[C@@H]3C[C@H]4C(=O)N[C@]5(C(=O)NS(=O)(=O)c6ccccc6)C[C@@H]5/C=C\CCCCC[C@H](Nc5ccccc5)C(=O)N4C3)cc(-c3nc(C(C)C)cs3)nc2c1C. The summed E-state index contributed by atoms with van der Waals surface area (Å²) in [6, 6.07) is 21.1. The number of aromatic nitrogens is 2. The number of aryl methyl sites for hydroxylation is 1. The van der Waals surface area contributed by atoms with Crippen LogP contribution in [0.3, 0.4) is 0 Å². The van der Waals surface area contributed by atoms with Crippen LogP contribution in [0, 0.1) is 12.8 Å². The Kier molecular flexibility index (Phi) is 12.4. The molecule has 13 nitrogen and oxygen atoms in total. The van der Waals surface area contributed by atoms with Crippen molar-refractivity contribution in [3.05, 3.63) is 108 Å². The second kappa shape index (κ2) is 17.9. The molecule has 5 aromatic rings. The van der Waals surface area contributed by atoms with Gasteiger partial charge < -0.3 is 25.0 Å². The van der Waals surface area contributed by atoms with Crippen molar-refractivity contribution in [2.45, 2.75) is 100 Å². The van der Waals surface area contributed by atoms with Gasteiger partial charge in [0.2, 0.25) is 11.8 Å². The Hall–Kier alpha value is -5.80. The monoisotopic (exact) mass is 876 g/mol. The molecular weight excluding hydrogens is 825 g/mol. The van der Waals surface area contributed by atoms with Crippen molar-refractivity contribution >= 4 is 55.7 Å². The number of thiazole rings is 1. The Labute approximate surface area is 366 Å². The lowest BCUT2D eigenvalue weighted by Gasteiger charge is -2.30. The highest BCUT2D eigenvalue weighted by Gasteiger charge is 2.61. The van der Waals surface area contributed by atoms with Gasteiger partial charge in [0.05, 0.1) is 29.8 Å². The fraction of sp³-hybridized carbons (Fsp3) is 0.383. The van der Waals surface area contributed by atoms with E-state index >= 15 is 0 Å². The zero-order valence-corrected chi connectivity index (χ0v) is 36.9. The number of pyridine rings is 1. The molecule has 1 saturated heterocycles. The Bertz CT molecular complexity index is 2600. The van der Waals surface area contributed by atoms with Crippen LogP contribution in [0.15, 0.2) is 101 Å². The molecule has 1 aliphatic carbocycles. The third-order valence-corrected chi connectivity index (χ3v) is 14.3. The van der Waals surface area contributed by atoms with Gasteiger partial charge in [0.25, 0.3) is 15.9 Å². The molecule has 324 valence electrons. The first-order chi connectivity index (χ1) is 29.9. The topological polar surface area (TPSA) is 169 Å². The summed E-state index contributed by atoms with van der Waals surface area (Å²) in [7, 11) is -2.63. The summed E-state index contributed by atoms with van der Waals surface area (Å²) in [5.41, 5.74) is 2.32. The number of hydrogen-bond acceptors (Lipinski definition) is 11. The van der Waals surface area contributed by atoms with E-state index in [1.54, 1.807) is 30.2 Å². The third kappa shape index (κ3) is 8.91. The van der Waals surface area contributed by atoms with Crippen LogP contribution in [-0.2, 0) is 24.4 Å². The maximum Gasteiger partial charge on any atom is 0.264 e. The highest BCUT2D eigenvalue weighted by atomic mass is 32.2. The van der Waals surface area contributed by atoms with Gasteiger partial charge in [0.15, 0.2) is 0 Å². The molecule has 0 bridgehead atoms. The summed E-state index contributed by atoms with van der Waals surface area (Å²) in [5, 5.41) is 9.92. The van der Waals surface area contributed by atoms with Crippen molar-refractivity contribution in [2.75, 3.05) is 19.0 Å². The first kappa shape index (κ1) is 42.9. The molecule has 3 N–H and O–H groups in total. The number of nitrogens with zero attached hydrogens (tertiary/aromatic N) is 3. The van der Waals surface area contributed by atoms with E-state index < -0.39 is 51.5 Å². The van der Waals surface area contributed by atoms with Crippen LogP contribution in [0.4, 0.5) is 5.69 Å². The summed E-state index contributed by atoms with van der Waals surface area (Å²) in [6.07, 6.45) is 7.32. The van der Waals surface area contributed by atoms with Gasteiger partial charge in [-0.2, -0.15) is 0 Å². The molecule has 0 unspecified atom stereocenters. The molecule has 2 fully saturated rings. The minimum absolute atomic E-state index is 0.0684. The lowest BCUT2D eigenvalue weighted by atomic mass is 10.0. The largest absolute Gasteiger partial charge is 0.496 e. The predicted molar refractivity (Wildman–Crippen MR) is 240 cm³/mol. The third-order valence-electron chi connectivity index (χ3n) is 12.0. The lowest BCUT2D eigenvalue weighted by molar-refractivity contribution is -0.140. The van der Waals surface area contributed by atoms with Gasteiger partial charge in [-0.1, -0.05) is 75.2 Å². The molecule has 3 amide bonds. The second-order valence-electron chi connectivity index (χ2n) is 16.7.